The van der Waals surface area contributed by atoms with Gasteiger partial charge in [0.25, 0.3) is 0 Å². The van der Waals surface area contributed by atoms with E-state index in [1.54, 1.807) is 27.8 Å². The first kappa shape index (κ1) is 12.8. The summed E-state index contributed by atoms with van der Waals surface area (Å²) in [6, 6.07) is 0.762. The van der Waals surface area contributed by atoms with Gasteiger partial charge in [-0.3, -0.25) is 0 Å². The van der Waals surface area contributed by atoms with E-state index in [2.05, 4.69) is 5.16 Å². The number of amides is 2. The average Bonchev–Trinajstić information content (AvgIpc) is 2.81. The molecule has 1 aliphatic heterocycles. The normalized spacial score (nSPS) is 25.1. The van der Waals surface area contributed by atoms with Gasteiger partial charge in [-0.05, 0) is 20.8 Å². The van der Waals surface area contributed by atoms with Crippen molar-refractivity contribution in [2.75, 3.05) is 11.9 Å². The Morgan fingerprint density at radius 3 is 2.50 bits per heavy atom. The van der Waals surface area contributed by atoms with Crippen LogP contribution < -0.4 is 4.90 Å². The van der Waals surface area contributed by atoms with Crippen LogP contribution in [-0.4, -0.2) is 45.6 Å². The van der Waals surface area contributed by atoms with Crippen molar-refractivity contribution in [3.05, 3.63) is 11.8 Å². The number of likely N-dealkylation sites (N-methyl/N-ethyl adjacent to an activating group) is 1. The fourth-order valence-electron chi connectivity index (χ4n) is 1.77. The molecule has 1 fully saturated rings. The molecule has 2 amide bonds. The highest BCUT2D eigenvalue weighted by Crippen LogP contribution is 2.29. The molecular weight excluding hydrogens is 238 g/mol. The SMILES string of the molecule is C[C@@H]1C(O)N(c2cc(C(C)(C)O)on2)C(=O)N1C. The Morgan fingerprint density at radius 2 is 2.11 bits per heavy atom. The lowest BCUT2D eigenvalue weighted by molar-refractivity contribution is 0.0475. The highest BCUT2D eigenvalue weighted by Gasteiger charge is 2.43. The lowest BCUT2D eigenvalue weighted by atomic mass is 10.1. The minimum Gasteiger partial charge on any atom is -0.382 e. The van der Waals surface area contributed by atoms with Gasteiger partial charge in [0.2, 0.25) is 0 Å². The molecule has 2 rings (SSSR count). The molecule has 2 N–H and O–H groups in total. The molecule has 1 aromatic rings. The van der Waals surface area contributed by atoms with Gasteiger partial charge in [-0.2, -0.15) is 0 Å². The molecule has 1 saturated heterocycles. The summed E-state index contributed by atoms with van der Waals surface area (Å²) in [5.41, 5.74) is -1.18. The molecule has 0 radical (unpaired) electrons. The van der Waals surface area contributed by atoms with Crippen molar-refractivity contribution in [2.24, 2.45) is 0 Å². The van der Waals surface area contributed by atoms with Gasteiger partial charge < -0.3 is 19.6 Å². The summed E-state index contributed by atoms with van der Waals surface area (Å²) in [4.78, 5) is 14.5. The van der Waals surface area contributed by atoms with E-state index >= 15 is 0 Å². The molecule has 0 aromatic carbocycles. The van der Waals surface area contributed by atoms with Gasteiger partial charge in [-0.15, -0.1) is 0 Å². The van der Waals surface area contributed by atoms with Crippen LogP contribution in [0.1, 0.15) is 26.5 Å². The fourth-order valence-corrected chi connectivity index (χ4v) is 1.77. The van der Waals surface area contributed by atoms with Crippen LogP contribution in [0.4, 0.5) is 10.6 Å². The van der Waals surface area contributed by atoms with Crippen LogP contribution in [0.25, 0.3) is 0 Å². The third kappa shape index (κ3) is 1.85. The van der Waals surface area contributed by atoms with Crippen molar-refractivity contribution in [1.82, 2.24) is 10.1 Å². The number of hydrogen-bond acceptors (Lipinski definition) is 5. The van der Waals surface area contributed by atoms with Crippen molar-refractivity contribution >= 4 is 11.8 Å². The molecule has 7 nitrogen and oxygen atoms in total. The number of aromatic nitrogens is 1. The smallest absolute Gasteiger partial charge is 0.328 e. The first-order valence-electron chi connectivity index (χ1n) is 5.67. The van der Waals surface area contributed by atoms with Gasteiger partial charge in [-0.1, -0.05) is 5.16 Å². The molecule has 2 atom stereocenters. The Bertz CT molecular complexity index is 465. The molecule has 1 aromatic heterocycles. The lowest BCUT2D eigenvalue weighted by Crippen LogP contribution is -2.35. The first-order chi connectivity index (χ1) is 8.23. The van der Waals surface area contributed by atoms with E-state index in [1.165, 1.54) is 11.0 Å². The predicted octanol–water partition coefficient (Wildman–Crippen LogP) is 0.481. The number of hydrogen-bond donors (Lipinski definition) is 2. The largest absolute Gasteiger partial charge is 0.382 e. The van der Waals surface area contributed by atoms with Gasteiger partial charge in [0, 0.05) is 13.1 Å². The highest BCUT2D eigenvalue weighted by atomic mass is 16.5. The summed E-state index contributed by atoms with van der Waals surface area (Å²) >= 11 is 0. The number of nitrogens with zero attached hydrogens (tertiary/aromatic N) is 3. The standard InChI is InChI=1S/C11H17N3O4/c1-6-9(15)14(10(16)13(6)4)8-5-7(18-12-8)11(2,3)17/h5-6,9,15,17H,1-4H3/t6-,9?/m1/s1. The second-order valence-corrected chi connectivity index (χ2v) is 5.03. The highest BCUT2D eigenvalue weighted by molar-refractivity contribution is 5.93. The van der Waals surface area contributed by atoms with E-state index in [-0.39, 0.29) is 23.7 Å². The second-order valence-electron chi connectivity index (χ2n) is 5.03. The zero-order valence-corrected chi connectivity index (χ0v) is 10.8. The number of urea groups is 1. The number of rotatable bonds is 2. The van der Waals surface area contributed by atoms with E-state index in [0.717, 1.165) is 4.90 Å². The minimum atomic E-state index is -1.18. The zero-order valence-electron chi connectivity index (χ0n) is 10.8. The Labute approximate surface area is 105 Å². The maximum absolute atomic E-state index is 11.9. The van der Waals surface area contributed by atoms with Gasteiger partial charge in [0.15, 0.2) is 17.8 Å². The van der Waals surface area contributed by atoms with Gasteiger partial charge in [0.05, 0.1) is 6.04 Å². The topological polar surface area (TPSA) is 90.0 Å². The molecule has 7 heteroatoms. The van der Waals surface area contributed by atoms with Crippen LogP contribution in [0.3, 0.4) is 0 Å². The van der Waals surface area contributed by atoms with Gasteiger partial charge in [0.1, 0.15) is 5.60 Å². The van der Waals surface area contributed by atoms with Crippen molar-refractivity contribution < 1.29 is 19.5 Å². The van der Waals surface area contributed by atoms with Crippen LogP contribution in [0.2, 0.25) is 0 Å². The Morgan fingerprint density at radius 1 is 1.50 bits per heavy atom. The number of carbonyl (C=O) groups excluding carboxylic acids is 1. The molecule has 1 aliphatic rings. The van der Waals surface area contributed by atoms with Gasteiger partial charge in [-0.25, -0.2) is 9.69 Å². The summed E-state index contributed by atoms with van der Waals surface area (Å²) in [6.07, 6.45) is -0.984. The summed E-state index contributed by atoms with van der Waals surface area (Å²) in [5, 5.41) is 23.5. The Balaban J connectivity index is 2.33. The fraction of sp³-hybridized carbons (Fsp3) is 0.636. The monoisotopic (exact) mass is 255 g/mol. The lowest BCUT2D eigenvalue weighted by Gasteiger charge is -2.16. The predicted molar refractivity (Wildman–Crippen MR) is 62.9 cm³/mol. The third-order valence-electron chi connectivity index (χ3n) is 3.16. The molecule has 0 spiro atoms. The zero-order chi connectivity index (χ0) is 13.7. The van der Waals surface area contributed by atoms with Crippen molar-refractivity contribution in [3.63, 3.8) is 0 Å². The van der Waals surface area contributed by atoms with Crippen molar-refractivity contribution in [3.8, 4) is 0 Å². The molecule has 0 aliphatic carbocycles. The number of carbonyl (C=O) groups is 1. The van der Waals surface area contributed by atoms with Crippen LogP contribution in [0.15, 0.2) is 10.6 Å². The molecule has 100 valence electrons. The van der Waals surface area contributed by atoms with E-state index < -0.39 is 11.8 Å². The van der Waals surface area contributed by atoms with E-state index in [9.17, 15) is 15.0 Å². The maximum Gasteiger partial charge on any atom is 0.328 e. The van der Waals surface area contributed by atoms with Crippen LogP contribution in [0.5, 0.6) is 0 Å². The number of aliphatic hydroxyl groups is 2. The second kappa shape index (κ2) is 3.96. The summed E-state index contributed by atoms with van der Waals surface area (Å²) in [7, 11) is 1.60. The van der Waals surface area contributed by atoms with E-state index in [0.29, 0.717) is 0 Å². The average molecular weight is 255 g/mol. The number of aliphatic hydroxyl groups excluding tert-OH is 1. The minimum absolute atomic E-state index is 0.195. The maximum atomic E-state index is 11.9. The summed E-state index contributed by atoms with van der Waals surface area (Å²) in [5.74, 6) is 0.431. The van der Waals surface area contributed by atoms with Crippen molar-refractivity contribution in [2.45, 2.75) is 38.6 Å². The van der Waals surface area contributed by atoms with E-state index in [4.69, 9.17) is 4.52 Å². The van der Waals surface area contributed by atoms with Crippen LogP contribution in [0, 0.1) is 0 Å². The Kier molecular flexibility index (Phi) is 2.83. The molecular formula is C11H17N3O4. The first-order valence-corrected chi connectivity index (χ1v) is 5.67. The van der Waals surface area contributed by atoms with E-state index in [1.807, 2.05) is 0 Å². The summed E-state index contributed by atoms with van der Waals surface area (Å²) < 4.78 is 4.99. The molecule has 1 unspecified atom stereocenters. The molecule has 0 bridgehead atoms. The molecule has 0 saturated carbocycles. The quantitative estimate of drug-likeness (QED) is 0.802. The van der Waals surface area contributed by atoms with Gasteiger partial charge >= 0.3 is 6.03 Å². The molecule has 2 heterocycles. The van der Waals surface area contributed by atoms with Crippen LogP contribution in [-0.2, 0) is 5.60 Å². The number of anilines is 1. The van der Waals surface area contributed by atoms with Crippen LogP contribution >= 0.6 is 0 Å². The summed E-state index contributed by atoms with van der Waals surface area (Å²) in [6.45, 7) is 4.84. The van der Waals surface area contributed by atoms with Crippen molar-refractivity contribution in [1.29, 1.82) is 0 Å². The Hall–Kier alpha value is -1.60. The third-order valence-corrected chi connectivity index (χ3v) is 3.16. The molecule has 18 heavy (non-hydrogen) atoms.